The lowest BCUT2D eigenvalue weighted by Crippen LogP contribution is -2.55. The summed E-state index contributed by atoms with van der Waals surface area (Å²) in [4.78, 5) is 39.9. The molecular formula is C21H20ClF2N3O5. The molecule has 4 rings (SSSR count). The maximum atomic E-state index is 14.1. The number of rotatable bonds is 4. The van der Waals surface area contributed by atoms with E-state index in [2.05, 4.69) is 5.32 Å². The highest BCUT2D eigenvalue weighted by Crippen LogP contribution is 2.35. The zero-order valence-corrected chi connectivity index (χ0v) is 17.8. The molecule has 2 unspecified atom stereocenters. The summed E-state index contributed by atoms with van der Waals surface area (Å²) in [5.74, 6) is -4.18. The van der Waals surface area contributed by atoms with Gasteiger partial charge in [-0.3, -0.25) is 14.4 Å². The molecule has 0 radical (unpaired) electrons. The molecule has 2 aromatic rings. The van der Waals surface area contributed by atoms with Gasteiger partial charge in [-0.25, -0.2) is 8.78 Å². The van der Waals surface area contributed by atoms with Crippen LogP contribution in [0, 0.1) is 11.6 Å². The third-order valence-electron chi connectivity index (χ3n) is 5.86. The van der Waals surface area contributed by atoms with Crippen LogP contribution in [0.3, 0.4) is 0 Å². The molecule has 8 nitrogen and oxygen atoms in total. The second kappa shape index (κ2) is 8.51. The molecule has 1 aromatic carbocycles. The van der Waals surface area contributed by atoms with Crippen LogP contribution in [0.25, 0.3) is 0 Å². The molecule has 2 aliphatic rings. The topological polar surface area (TPSA) is 101 Å². The molecule has 2 aliphatic heterocycles. The van der Waals surface area contributed by atoms with Crippen LogP contribution in [-0.2, 0) is 11.3 Å². The van der Waals surface area contributed by atoms with Crippen molar-refractivity contribution in [2.45, 2.75) is 32.0 Å². The number of aromatic nitrogens is 1. The van der Waals surface area contributed by atoms with Gasteiger partial charge in [-0.1, -0.05) is 17.7 Å². The number of nitrogens with one attached hydrogen (secondary N) is 1. The van der Waals surface area contributed by atoms with Gasteiger partial charge in [-0.2, -0.15) is 0 Å². The zero-order valence-electron chi connectivity index (χ0n) is 17.0. The van der Waals surface area contributed by atoms with Crippen molar-refractivity contribution in [2.24, 2.45) is 0 Å². The summed E-state index contributed by atoms with van der Waals surface area (Å²) in [6.45, 7) is 2.51. The van der Waals surface area contributed by atoms with E-state index in [0.29, 0.717) is 26.2 Å². The summed E-state index contributed by atoms with van der Waals surface area (Å²) >= 11 is 5.55. The number of fused-ring (bicyclic) bond motifs is 3. The highest BCUT2D eigenvalue weighted by Gasteiger charge is 2.43. The number of likely N-dealkylation sites (N-methyl/N-ethyl adjacent to an activating group) is 1. The first kappa shape index (κ1) is 22.2. The van der Waals surface area contributed by atoms with E-state index in [0.717, 1.165) is 12.1 Å². The Hall–Kier alpha value is -2.98. The summed E-state index contributed by atoms with van der Waals surface area (Å²) in [7, 11) is 0. The standard InChI is InChI=1S/C21H20ClF2N3O5/c1-2-26-14-9-32-6-5-13(14)27-8-11(18(28)19(29)17(27)21(26)31)20(30)25-7-10-3-4-12(23)15(22)16(10)24/h3-4,8,13-14,29H,2,5-7,9H2,1H3,(H,25,30). The van der Waals surface area contributed by atoms with Crippen LogP contribution >= 0.6 is 11.6 Å². The minimum atomic E-state index is -1.02. The molecule has 1 fully saturated rings. The van der Waals surface area contributed by atoms with Crippen molar-refractivity contribution in [2.75, 3.05) is 19.8 Å². The van der Waals surface area contributed by atoms with Crippen LogP contribution in [0.15, 0.2) is 23.1 Å². The van der Waals surface area contributed by atoms with Crippen LogP contribution in [0.2, 0.25) is 5.02 Å². The van der Waals surface area contributed by atoms with Crippen LogP contribution in [0.4, 0.5) is 8.78 Å². The van der Waals surface area contributed by atoms with E-state index in [1.807, 2.05) is 0 Å². The Morgan fingerprint density at radius 2 is 2.06 bits per heavy atom. The van der Waals surface area contributed by atoms with Gasteiger partial charge < -0.3 is 24.6 Å². The monoisotopic (exact) mass is 467 g/mol. The highest BCUT2D eigenvalue weighted by molar-refractivity contribution is 6.30. The number of carbonyl (C=O) groups excluding carboxylic acids is 2. The van der Waals surface area contributed by atoms with Crippen LogP contribution < -0.4 is 10.7 Å². The summed E-state index contributed by atoms with van der Waals surface area (Å²) in [6, 6.07) is 1.49. The van der Waals surface area contributed by atoms with Gasteiger partial charge in [0.05, 0.1) is 18.7 Å². The molecule has 11 heteroatoms. The number of nitrogens with zero attached hydrogens (tertiary/aromatic N) is 2. The molecule has 1 aromatic heterocycles. The number of carbonyl (C=O) groups is 2. The molecular weight excluding hydrogens is 448 g/mol. The van der Waals surface area contributed by atoms with Crippen molar-refractivity contribution in [3.05, 3.63) is 62.0 Å². The third-order valence-corrected chi connectivity index (χ3v) is 6.21. The smallest absolute Gasteiger partial charge is 0.274 e. The van der Waals surface area contributed by atoms with E-state index >= 15 is 0 Å². The SMILES string of the molecule is CCN1C(=O)c2c(O)c(=O)c(C(=O)NCc3ccc(F)c(Cl)c3F)cn2C2CCOCC21. The number of hydrogen-bond acceptors (Lipinski definition) is 5. The predicted molar refractivity (Wildman–Crippen MR) is 110 cm³/mol. The van der Waals surface area contributed by atoms with Gasteiger partial charge in [0.1, 0.15) is 22.2 Å². The number of halogens is 3. The van der Waals surface area contributed by atoms with Gasteiger partial charge in [-0.15, -0.1) is 0 Å². The molecule has 32 heavy (non-hydrogen) atoms. The Morgan fingerprint density at radius 1 is 1.31 bits per heavy atom. The Balaban J connectivity index is 1.69. The lowest BCUT2D eigenvalue weighted by molar-refractivity contribution is -0.0176. The Labute approximate surface area is 186 Å². The summed E-state index contributed by atoms with van der Waals surface area (Å²) < 4.78 is 34.4. The van der Waals surface area contributed by atoms with E-state index in [1.165, 1.54) is 10.8 Å². The van der Waals surface area contributed by atoms with Crippen LogP contribution in [-0.4, -0.2) is 52.2 Å². The molecule has 2 amide bonds. The highest BCUT2D eigenvalue weighted by atomic mass is 35.5. The van der Waals surface area contributed by atoms with Crippen molar-refractivity contribution in [1.82, 2.24) is 14.8 Å². The molecule has 2 N–H and O–H groups in total. The fourth-order valence-corrected chi connectivity index (χ4v) is 4.41. The second-order valence-electron chi connectivity index (χ2n) is 7.58. The number of ether oxygens (including phenoxy) is 1. The summed E-state index contributed by atoms with van der Waals surface area (Å²) in [6.07, 6.45) is 1.76. The largest absolute Gasteiger partial charge is 0.503 e. The van der Waals surface area contributed by atoms with Gasteiger partial charge in [0.25, 0.3) is 11.8 Å². The van der Waals surface area contributed by atoms with Crippen molar-refractivity contribution in [3.63, 3.8) is 0 Å². The molecule has 3 heterocycles. The second-order valence-corrected chi connectivity index (χ2v) is 7.96. The Morgan fingerprint density at radius 3 is 2.78 bits per heavy atom. The maximum absolute atomic E-state index is 14.1. The minimum absolute atomic E-state index is 0.0784. The average Bonchev–Trinajstić information content (AvgIpc) is 2.79. The molecule has 0 saturated carbocycles. The van der Waals surface area contributed by atoms with E-state index in [4.69, 9.17) is 16.3 Å². The van der Waals surface area contributed by atoms with Gasteiger partial charge in [0.15, 0.2) is 11.4 Å². The van der Waals surface area contributed by atoms with Crippen LogP contribution in [0.5, 0.6) is 5.75 Å². The van der Waals surface area contributed by atoms with Crippen molar-refractivity contribution in [1.29, 1.82) is 0 Å². The number of benzene rings is 1. The molecule has 0 spiro atoms. The third kappa shape index (κ3) is 3.53. The fourth-order valence-electron chi connectivity index (χ4n) is 4.23. The summed E-state index contributed by atoms with van der Waals surface area (Å²) in [5, 5.41) is 12.2. The minimum Gasteiger partial charge on any atom is -0.503 e. The van der Waals surface area contributed by atoms with E-state index in [9.17, 15) is 28.3 Å². The Bertz CT molecular complexity index is 1170. The molecule has 2 atom stereocenters. The first-order chi connectivity index (χ1) is 15.3. The van der Waals surface area contributed by atoms with E-state index in [1.54, 1.807) is 11.8 Å². The first-order valence-electron chi connectivity index (χ1n) is 10.0. The summed E-state index contributed by atoms with van der Waals surface area (Å²) in [5.41, 5.74) is -1.66. The van der Waals surface area contributed by atoms with Crippen molar-refractivity contribution >= 4 is 23.4 Å². The quantitative estimate of drug-likeness (QED) is 0.671. The molecule has 0 bridgehead atoms. The Kier molecular flexibility index (Phi) is 5.91. The van der Waals surface area contributed by atoms with Crippen LogP contribution in [0.1, 0.15) is 45.8 Å². The van der Waals surface area contributed by atoms with Gasteiger partial charge in [0, 0.05) is 31.5 Å². The number of amides is 2. The lowest BCUT2D eigenvalue weighted by Gasteiger charge is -2.45. The van der Waals surface area contributed by atoms with Crippen molar-refractivity contribution < 1.29 is 28.2 Å². The van der Waals surface area contributed by atoms with Gasteiger partial charge in [0.2, 0.25) is 5.43 Å². The molecule has 1 saturated heterocycles. The number of pyridine rings is 1. The predicted octanol–water partition coefficient (Wildman–Crippen LogP) is 2.22. The average molecular weight is 468 g/mol. The van der Waals surface area contributed by atoms with Gasteiger partial charge in [-0.05, 0) is 19.4 Å². The molecule has 0 aliphatic carbocycles. The van der Waals surface area contributed by atoms with E-state index < -0.39 is 45.2 Å². The molecule has 170 valence electrons. The normalized spacial score (nSPS) is 20.0. The van der Waals surface area contributed by atoms with E-state index in [-0.39, 0.29) is 29.9 Å². The lowest BCUT2D eigenvalue weighted by atomic mass is 9.96. The van der Waals surface area contributed by atoms with Crippen molar-refractivity contribution in [3.8, 4) is 5.75 Å². The first-order valence-corrected chi connectivity index (χ1v) is 10.4. The number of hydrogen-bond donors (Lipinski definition) is 2. The van der Waals surface area contributed by atoms with Gasteiger partial charge >= 0.3 is 0 Å². The number of aromatic hydroxyl groups is 1. The fraction of sp³-hybridized carbons (Fsp3) is 0.381. The maximum Gasteiger partial charge on any atom is 0.274 e. The zero-order chi connectivity index (χ0) is 23.2.